The molecule has 15 heteroatoms. The molecule has 3 aliphatic heterocycles. The Bertz CT molecular complexity index is 3780. The van der Waals surface area contributed by atoms with Gasteiger partial charge in [-0.05, 0) is 206 Å². The molecule has 15 nitrogen and oxygen atoms in total. The summed E-state index contributed by atoms with van der Waals surface area (Å²) in [5.74, 6) is 9.81. The minimum absolute atomic E-state index is 0.0631. The van der Waals surface area contributed by atoms with E-state index in [-0.39, 0.29) is 72.8 Å². The minimum atomic E-state index is -1.32. The number of phenols is 2. The Morgan fingerprint density at radius 1 is 0.800 bits per heavy atom. The quantitative estimate of drug-likeness (QED) is 0.0164. The topological polar surface area (TPSA) is 211 Å². The summed E-state index contributed by atoms with van der Waals surface area (Å²) < 4.78 is 35.5. The highest BCUT2D eigenvalue weighted by molar-refractivity contribution is 5.90. The molecule has 4 heterocycles. The fraction of sp³-hybridized carbons (Fsp3) is 0.550. The molecule has 0 amide bonds. The molecule has 10 N–H and O–H groups in total. The third-order valence-electron chi connectivity index (χ3n) is 23.3. The van der Waals surface area contributed by atoms with Gasteiger partial charge in [-0.2, -0.15) is 0 Å². The standard InChI is InChI=1S/C80H101N5O10/c1-50(2)40-79(90,56-17-8-5-9-18-56)47-82-48-84-71-22-10-21-59(44-86)93-70-38-54(24-29-69(70)89)77-80(71,92-49-85-58-20-12-33-78(41-58)32-11-19-57(78)46-91-3)42-66-63-39-65-72(53-23-28-67-52(36-53)31-35-83-67)55(43-81-34-13-16-51-14-6-4-7-15-51)37-64-68(88)30-27-61(73(64)65)74(63)76-62(75(66)95-77)26-25-60(45-87)94-76/h4,6-7,14-15,23-24,27-31,35-38,50,56-60,65,71-72,77,81-90H,5,8-9,11-13,16-21,25-26,32-34,39-49H2,1-3H3. The minimum Gasteiger partial charge on any atom is -0.507 e. The number of aliphatic hydroxyl groups is 3. The van der Waals surface area contributed by atoms with Crippen LogP contribution in [0.25, 0.3) is 28.1 Å². The maximum Gasteiger partial charge on any atom is 0.161 e. The normalized spacial score (nSPS) is 27.5. The summed E-state index contributed by atoms with van der Waals surface area (Å²) in [5, 5.41) is 75.3. The average Bonchev–Trinajstić information content (AvgIpc) is 0.827. The molecule has 3 saturated carbocycles. The Hall–Kier alpha value is -6.42. The number of hydrogen-bond acceptors (Lipinski definition) is 14. The van der Waals surface area contributed by atoms with Crippen LogP contribution in [0.5, 0.6) is 28.7 Å². The van der Waals surface area contributed by atoms with E-state index in [0.717, 1.165) is 127 Å². The van der Waals surface area contributed by atoms with Crippen LogP contribution in [0.4, 0.5) is 0 Å². The van der Waals surface area contributed by atoms with Gasteiger partial charge in [0.25, 0.3) is 0 Å². The lowest BCUT2D eigenvalue weighted by Crippen LogP contribution is -2.62. The zero-order valence-corrected chi connectivity index (χ0v) is 56.1. The number of fused-ring (bicyclic) bond motifs is 12. The van der Waals surface area contributed by atoms with Gasteiger partial charge in [0.2, 0.25) is 0 Å². The number of benzene rings is 5. The highest BCUT2D eigenvalue weighted by Crippen LogP contribution is 2.62. The van der Waals surface area contributed by atoms with Crippen molar-refractivity contribution in [3.05, 3.63) is 141 Å². The Morgan fingerprint density at radius 3 is 2.44 bits per heavy atom. The molecule has 506 valence electrons. The number of ether oxygens (including phenoxy) is 5. The van der Waals surface area contributed by atoms with E-state index in [9.17, 15) is 25.5 Å². The van der Waals surface area contributed by atoms with Gasteiger partial charge in [0.1, 0.15) is 41.1 Å². The first-order valence-corrected chi connectivity index (χ1v) is 36.0. The van der Waals surface area contributed by atoms with Crippen molar-refractivity contribution in [1.29, 1.82) is 0 Å². The third kappa shape index (κ3) is 13.2. The summed E-state index contributed by atoms with van der Waals surface area (Å²) in [5.41, 5.74) is 10.3. The molecule has 95 heavy (non-hydrogen) atoms. The summed E-state index contributed by atoms with van der Waals surface area (Å²) in [7, 11) is 1.84. The molecule has 8 aliphatic rings. The molecule has 2 bridgehead atoms. The lowest BCUT2D eigenvalue weighted by Gasteiger charge is -2.50. The summed E-state index contributed by atoms with van der Waals surface area (Å²) in [4.78, 5) is 3.44. The van der Waals surface area contributed by atoms with E-state index >= 15 is 0 Å². The van der Waals surface area contributed by atoms with Gasteiger partial charge < -0.3 is 64.8 Å². The first kappa shape index (κ1) is 65.8. The van der Waals surface area contributed by atoms with Gasteiger partial charge in [0.15, 0.2) is 17.6 Å². The van der Waals surface area contributed by atoms with Crippen LogP contribution < -0.4 is 35.5 Å². The number of phenolic OH excluding ortho intramolecular Hbond substituents is 2. The molecule has 3 fully saturated rings. The Labute approximate surface area is 561 Å². The van der Waals surface area contributed by atoms with Gasteiger partial charge >= 0.3 is 0 Å². The number of aliphatic hydroxyl groups excluding tert-OH is 2. The molecule has 0 radical (unpaired) electrons. The van der Waals surface area contributed by atoms with Crippen molar-refractivity contribution >= 4 is 17.0 Å². The molecule has 11 unspecified atom stereocenters. The lowest BCUT2D eigenvalue weighted by atomic mass is 9.62. The predicted octanol–water partition coefficient (Wildman–Crippen LogP) is 12.3. The van der Waals surface area contributed by atoms with Crippen LogP contribution in [-0.4, -0.2) is 126 Å². The predicted molar refractivity (Wildman–Crippen MR) is 372 cm³/mol. The highest BCUT2D eigenvalue weighted by atomic mass is 16.6. The van der Waals surface area contributed by atoms with E-state index in [1.165, 1.54) is 48.8 Å². The first-order chi connectivity index (χ1) is 46.4. The van der Waals surface area contributed by atoms with Crippen molar-refractivity contribution in [1.82, 2.24) is 26.3 Å². The number of H-pyrrole nitrogens is 1. The van der Waals surface area contributed by atoms with Crippen LogP contribution in [0.2, 0.25) is 0 Å². The molecule has 1 spiro atoms. The van der Waals surface area contributed by atoms with Crippen LogP contribution >= 0.6 is 0 Å². The number of aromatic nitrogens is 1. The largest absolute Gasteiger partial charge is 0.507 e. The van der Waals surface area contributed by atoms with Crippen molar-refractivity contribution in [2.45, 2.75) is 196 Å². The highest BCUT2D eigenvalue weighted by Gasteiger charge is 2.56. The molecule has 5 aliphatic carbocycles. The van der Waals surface area contributed by atoms with Crippen LogP contribution in [0, 0.1) is 35.0 Å². The third-order valence-corrected chi connectivity index (χ3v) is 23.3. The number of aryl methyl sites for hydroxylation is 1. The molecular weight excluding hydrogens is 1190 g/mol. The zero-order valence-electron chi connectivity index (χ0n) is 56.1. The summed E-state index contributed by atoms with van der Waals surface area (Å²) in [6.07, 6.45) is 20.4. The fourth-order valence-electron chi connectivity index (χ4n) is 18.9. The van der Waals surface area contributed by atoms with Crippen molar-refractivity contribution in [3.8, 4) is 51.7 Å². The zero-order chi connectivity index (χ0) is 65.3. The number of aromatic hydroxyl groups is 2. The second-order valence-corrected chi connectivity index (χ2v) is 29.8. The van der Waals surface area contributed by atoms with Gasteiger partial charge in [-0.15, -0.1) is 0 Å². The number of hydrogen-bond donors (Lipinski definition) is 10. The number of aromatic amines is 1. The molecule has 11 atom stereocenters. The fourth-order valence-corrected chi connectivity index (χ4v) is 18.9. The molecular formula is C80H101N5O10. The van der Waals surface area contributed by atoms with Crippen LogP contribution in [0.1, 0.15) is 179 Å². The maximum atomic E-state index is 12.7. The van der Waals surface area contributed by atoms with Gasteiger partial charge in [-0.1, -0.05) is 106 Å². The van der Waals surface area contributed by atoms with Crippen LogP contribution in [0.15, 0.2) is 96.7 Å². The van der Waals surface area contributed by atoms with Gasteiger partial charge in [-0.3, -0.25) is 10.6 Å². The number of methoxy groups -OCH3 is 1. The molecule has 0 saturated heterocycles. The average molecular weight is 1290 g/mol. The summed E-state index contributed by atoms with van der Waals surface area (Å²) in [6.45, 7) is 7.02. The monoisotopic (exact) mass is 1290 g/mol. The van der Waals surface area contributed by atoms with Gasteiger partial charge in [0.05, 0.1) is 25.5 Å². The van der Waals surface area contributed by atoms with E-state index in [1.54, 1.807) is 6.07 Å². The van der Waals surface area contributed by atoms with Crippen molar-refractivity contribution in [2.75, 3.05) is 60.0 Å². The Balaban J connectivity index is 0.918. The number of nitrogens with one attached hydrogen (secondary N) is 5. The van der Waals surface area contributed by atoms with E-state index in [4.69, 9.17) is 23.7 Å². The smallest absolute Gasteiger partial charge is 0.161 e. The second kappa shape index (κ2) is 28.6. The van der Waals surface area contributed by atoms with Crippen LogP contribution in [0.3, 0.4) is 0 Å². The first-order valence-electron chi connectivity index (χ1n) is 36.0. The summed E-state index contributed by atoms with van der Waals surface area (Å²) >= 11 is 0. The second-order valence-electron chi connectivity index (χ2n) is 29.8. The van der Waals surface area contributed by atoms with E-state index < -0.39 is 35.6 Å². The maximum absolute atomic E-state index is 12.7. The van der Waals surface area contributed by atoms with Crippen molar-refractivity contribution in [2.24, 2.45) is 23.2 Å². The number of rotatable bonds is 23. The van der Waals surface area contributed by atoms with Gasteiger partial charge in [-0.25, -0.2) is 0 Å². The van der Waals surface area contributed by atoms with Crippen LogP contribution in [-0.2, 0) is 35.2 Å². The van der Waals surface area contributed by atoms with E-state index in [0.29, 0.717) is 75.0 Å². The van der Waals surface area contributed by atoms with E-state index in [1.807, 2.05) is 31.5 Å². The lowest BCUT2D eigenvalue weighted by molar-refractivity contribution is -0.145. The SMILES string of the molecule is COCC1CCCC12CCCC(NCOC13Cc4c5c(c6c(c4OC1c1ccc(O)c(c1)OC(CO)CC#CC3NCNCC(O)(CC(C)C)C1CCCCC1)CCC(CO)O6)-c1ccc(O)c3c1C(C5)C(c1ccc4[nH]ccc4c1)C(CNCCCc1ccccc1)=C3)C2. The molecule has 6 aromatic rings. The summed E-state index contributed by atoms with van der Waals surface area (Å²) in [6, 6.07) is 28.4. The van der Waals surface area contributed by atoms with Crippen molar-refractivity contribution < 1.29 is 49.2 Å². The Kier molecular flexibility index (Phi) is 19.8. The molecule has 14 rings (SSSR count). The van der Waals surface area contributed by atoms with E-state index in [2.05, 4.69) is 119 Å². The molecule has 5 aromatic carbocycles. The van der Waals surface area contributed by atoms with Crippen molar-refractivity contribution in [3.63, 3.8) is 0 Å². The van der Waals surface area contributed by atoms with Gasteiger partial charge in [0, 0.05) is 92.2 Å². The Morgan fingerprint density at radius 2 is 1.62 bits per heavy atom. The molecule has 1 aromatic heterocycles.